The molecule has 8 nitrogen and oxygen atoms in total. The van der Waals surface area contributed by atoms with Crippen LogP contribution in [-0.4, -0.2) is 33.5 Å². The van der Waals surface area contributed by atoms with Gasteiger partial charge in [0.1, 0.15) is 5.75 Å². The minimum atomic E-state index is -0.281. The van der Waals surface area contributed by atoms with Crippen LogP contribution in [0, 0.1) is 5.92 Å². The summed E-state index contributed by atoms with van der Waals surface area (Å²) in [5.41, 5.74) is 5.32. The van der Waals surface area contributed by atoms with Crippen LogP contribution in [0.5, 0.6) is 5.75 Å². The van der Waals surface area contributed by atoms with Crippen molar-refractivity contribution in [2.24, 2.45) is 11.0 Å². The van der Waals surface area contributed by atoms with Crippen LogP contribution < -0.4 is 15.7 Å². The number of ether oxygens (including phenoxy) is 1. The van der Waals surface area contributed by atoms with E-state index in [9.17, 15) is 9.59 Å². The summed E-state index contributed by atoms with van der Waals surface area (Å²) in [4.78, 5) is 30.1. The third kappa shape index (κ3) is 3.71. The average Bonchev–Trinajstić information content (AvgIpc) is 3.49. The summed E-state index contributed by atoms with van der Waals surface area (Å²) in [6.07, 6.45) is 1.76. The first kappa shape index (κ1) is 20.2. The summed E-state index contributed by atoms with van der Waals surface area (Å²) >= 11 is 1.42. The van der Waals surface area contributed by atoms with Crippen LogP contribution in [0.4, 0.5) is 0 Å². The van der Waals surface area contributed by atoms with Crippen molar-refractivity contribution in [2.45, 2.75) is 19.8 Å². The summed E-state index contributed by atoms with van der Waals surface area (Å²) in [7, 11) is 1.60. The Balaban J connectivity index is 1.62. The standard InChI is InChI=1S/C23H21N5O3S/c1-13(25-26-21(29)15-7-8-15)19-20(14-9-11-16(31-2)12-10-14)27-28(22(19)30)23-24-17-5-3-4-6-18(17)32-23/h3-6,9-12,15,27H,7-8H2,1-2H3,(H,26,29)/b25-13+. The largest absolute Gasteiger partial charge is 0.497 e. The second kappa shape index (κ2) is 8.08. The molecule has 4 aromatic rings. The van der Waals surface area contributed by atoms with Crippen LogP contribution >= 0.6 is 11.3 Å². The lowest BCUT2D eigenvalue weighted by Gasteiger charge is -2.05. The molecule has 1 aliphatic rings. The molecule has 9 heteroatoms. The van der Waals surface area contributed by atoms with Crippen LogP contribution in [0.15, 0.2) is 58.4 Å². The van der Waals surface area contributed by atoms with Gasteiger partial charge in [0, 0.05) is 11.5 Å². The maximum Gasteiger partial charge on any atom is 0.283 e. The van der Waals surface area contributed by atoms with Gasteiger partial charge >= 0.3 is 0 Å². The Kier molecular flexibility index (Phi) is 5.10. The summed E-state index contributed by atoms with van der Waals surface area (Å²) in [6, 6.07) is 15.1. The van der Waals surface area contributed by atoms with E-state index in [0.717, 1.165) is 28.6 Å². The first-order valence-electron chi connectivity index (χ1n) is 10.2. The number of methoxy groups -OCH3 is 1. The van der Waals surface area contributed by atoms with Gasteiger partial charge in [-0.25, -0.2) is 10.4 Å². The highest BCUT2D eigenvalue weighted by Crippen LogP contribution is 2.29. The number of carbonyl (C=O) groups excluding carboxylic acids is 1. The topological polar surface area (TPSA) is 101 Å². The average molecular weight is 448 g/mol. The highest BCUT2D eigenvalue weighted by atomic mass is 32.1. The lowest BCUT2D eigenvalue weighted by molar-refractivity contribution is -0.122. The van der Waals surface area contributed by atoms with E-state index in [2.05, 4.69) is 20.6 Å². The van der Waals surface area contributed by atoms with E-state index in [-0.39, 0.29) is 17.4 Å². The van der Waals surface area contributed by atoms with E-state index in [0.29, 0.717) is 27.9 Å². The molecule has 0 saturated heterocycles. The Morgan fingerprint density at radius 1 is 1.22 bits per heavy atom. The molecule has 1 saturated carbocycles. The summed E-state index contributed by atoms with van der Waals surface area (Å²) in [5, 5.41) is 7.96. The first-order chi connectivity index (χ1) is 15.5. The molecule has 32 heavy (non-hydrogen) atoms. The van der Waals surface area contributed by atoms with Crippen LogP contribution in [0.25, 0.3) is 26.6 Å². The molecular weight excluding hydrogens is 426 g/mol. The van der Waals surface area contributed by atoms with E-state index in [4.69, 9.17) is 4.74 Å². The zero-order chi connectivity index (χ0) is 22.2. The second-order valence-electron chi connectivity index (χ2n) is 7.64. The molecular formula is C23H21N5O3S. The molecule has 162 valence electrons. The Morgan fingerprint density at radius 2 is 1.97 bits per heavy atom. The molecule has 0 bridgehead atoms. The van der Waals surface area contributed by atoms with Gasteiger partial charge in [-0.3, -0.25) is 14.7 Å². The van der Waals surface area contributed by atoms with Crippen LogP contribution in [0.3, 0.4) is 0 Å². The molecule has 0 unspecified atom stereocenters. The molecule has 1 fully saturated rings. The quantitative estimate of drug-likeness (QED) is 0.348. The second-order valence-corrected chi connectivity index (χ2v) is 8.65. The minimum absolute atomic E-state index is 0.0261. The molecule has 0 aliphatic heterocycles. The molecule has 2 N–H and O–H groups in total. The Bertz CT molecular complexity index is 1360. The van der Waals surface area contributed by atoms with Crippen molar-refractivity contribution >= 4 is 33.2 Å². The molecule has 0 atom stereocenters. The van der Waals surface area contributed by atoms with Crippen molar-refractivity contribution in [3.63, 3.8) is 0 Å². The number of hydrogen-bond acceptors (Lipinski definition) is 6. The fourth-order valence-electron chi connectivity index (χ4n) is 3.46. The summed E-state index contributed by atoms with van der Waals surface area (Å²) in [5.74, 6) is 0.626. The van der Waals surface area contributed by atoms with Crippen LogP contribution in [-0.2, 0) is 4.79 Å². The Morgan fingerprint density at radius 3 is 2.66 bits per heavy atom. The number of benzene rings is 2. The number of hydrazone groups is 1. The number of fused-ring (bicyclic) bond motifs is 1. The van der Waals surface area contributed by atoms with Crippen LogP contribution in [0.2, 0.25) is 0 Å². The Hall–Kier alpha value is -3.72. The molecule has 0 spiro atoms. The van der Waals surface area contributed by atoms with E-state index in [1.807, 2.05) is 48.5 Å². The van der Waals surface area contributed by atoms with Gasteiger partial charge in [-0.05, 0) is 56.2 Å². The van der Waals surface area contributed by atoms with Crippen molar-refractivity contribution in [1.29, 1.82) is 0 Å². The zero-order valence-corrected chi connectivity index (χ0v) is 18.4. The number of nitrogens with zero attached hydrogens (tertiary/aromatic N) is 3. The van der Waals surface area contributed by atoms with Crippen molar-refractivity contribution in [3.05, 3.63) is 64.4 Å². The molecule has 2 aromatic heterocycles. The van der Waals surface area contributed by atoms with E-state index >= 15 is 0 Å². The highest BCUT2D eigenvalue weighted by Gasteiger charge is 2.29. The van der Waals surface area contributed by atoms with Crippen molar-refractivity contribution in [2.75, 3.05) is 7.11 Å². The van der Waals surface area contributed by atoms with Crippen molar-refractivity contribution in [3.8, 4) is 22.1 Å². The number of H-pyrrole nitrogens is 1. The zero-order valence-electron chi connectivity index (χ0n) is 17.6. The number of aromatic nitrogens is 3. The molecule has 0 radical (unpaired) electrons. The number of carbonyl (C=O) groups is 1. The number of para-hydroxylation sites is 1. The van der Waals surface area contributed by atoms with Gasteiger partial charge in [-0.1, -0.05) is 23.5 Å². The third-order valence-corrected chi connectivity index (χ3v) is 6.41. The van der Waals surface area contributed by atoms with E-state index in [1.165, 1.54) is 16.0 Å². The number of aromatic amines is 1. The molecule has 1 amide bonds. The van der Waals surface area contributed by atoms with Gasteiger partial charge in [0.15, 0.2) is 0 Å². The summed E-state index contributed by atoms with van der Waals surface area (Å²) in [6.45, 7) is 1.72. The fourth-order valence-corrected chi connectivity index (χ4v) is 4.39. The molecule has 2 heterocycles. The van der Waals surface area contributed by atoms with E-state index in [1.54, 1.807) is 14.0 Å². The minimum Gasteiger partial charge on any atom is -0.497 e. The first-order valence-corrected chi connectivity index (χ1v) is 11.1. The van der Waals surface area contributed by atoms with Crippen molar-refractivity contribution < 1.29 is 9.53 Å². The highest BCUT2D eigenvalue weighted by molar-refractivity contribution is 7.20. The van der Waals surface area contributed by atoms with Gasteiger partial charge in [0.25, 0.3) is 5.56 Å². The normalized spacial score (nSPS) is 14.0. The number of hydrogen-bond donors (Lipinski definition) is 2. The summed E-state index contributed by atoms with van der Waals surface area (Å²) < 4.78 is 7.67. The fraction of sp³-hybridized carbons (Fsp3) is 0.217. The SMILES string of the molecule is COc1ccc(-c2[nH]n(-c3nc4ccccc4s3)c(=O)c2/C(C)=N/NC(=O)C2CC2)cc1. The number of thiazole rings is 1. The monoisotopic (exact) mass is 447 g/mol. The predicted molar refractivity (Wildman–Crippen MR) is 125 cm³/mol. The Labute approximate surface area is 187 Å². The molecule has 1 aliphatic carbocycles. The lowest BCUT2D eigenvalue weighted by atomic mass is 10.1. The van der Waals surface area contributed by atoms with Gasteiger partial charge in [0.2, 0.25) is 11.0 Å². The molecule has 2 aromatic carbocycles. The maximum absolute atomic E-state index is 13.5. The third-order valence-electron chi connectivity index (χ3n) is 5.39. The van der Waals surface area contributed by atoms with Gasteiger partial charge in [-0.2, -0.15) is 9.78 Å². The lowest BCUT2D eigenvalue weighted by Crippen LogP contribution is -2.24. The van der Waals surface area contributed by atoms with Crippen molar-refractivity contribution in [1.82, 2.24) is 20.2 Å². The number of nitrogens with one attached hydrogen (secondary N) is 2. The number of amides is 1. The predicted octanol–water partition coefficient (Wildman–Crippen LogP) is 3.70. The van der Waals surface area contributed by atoms with E-state index < -0.39 is 0 Å². The van der Waals surface area contributed by atoms with Gasteiger partial charge in [-0.15, -0.1) is 0 Å². The van der Waals surface area contributed by atoms with Gasteiger partial charge in [0.05, 0.1) is 34.3 Å². The maximum atomic E-state index is 13.5. The number of rotatable bonds is 6. The molecule has 5 rings (SSSR count). The van der Waals surface area contributed by atoms with Gasteiger partial charge < -0.3 is 4.74 Å². The van der Waals surface area contributed by atoms with Crippen LogP contribution in [0.1, 0.15) is 25.3 Å². The smallest absolute Gasteiger partial charge is 0.283 e.